The molecule has 0 heterocycles. The summed E-state index contributed by atoms with van der Waals surface area (Å²) in [5, 5.41) is 20.7. The lowest BCUT2D eigenvalue weighted by Gasteiger charge is -2.23. The number of halogens is 1. The molecule has 0 spiro atoms. The number of esters is 1. The van der Waals surface area contributed by atoms with Gasteiger partial charge in [-0.3, -0.25) is 4.79 Å². The minimum absolute atomic E-state index is 0.143. The van der Waals surface area contributed by atoms with Crippen LogP contribution in [0, 0.1) is 17.7 Å². The van der Waals surface area contributed by atoms with Gasteiger partial charge in [0.25, 0.3) is 0 Å². The molecule has 0 saturated heterocycles. The van der Waals surface area contributed by atoms with Crippen molar-refractivity contribution in [3.05, 3.63) is 30.1 Å². The van der Waals surface area contributed by atoms with E-state index in [1.54, 1.807) is 18.2 Å². The molecule has 1 aromatic carbocycles. The van der Waals surface area contributed by atoms with Crippen molar-refractivity contribution in [2.45, 2.75) is 81.3 Å². The van der Waals surface area contributed by atoms with Crippen LogP contribution < -0.4 is 0 Å². The third-order valence-electron chi connectivity index (χ3n) is 5.97. The van der Waals surface area contributed by atoms with Crippen molar-refractivity contribution in [1.29, 1.82) is 0 Å². The molecule has 0 amide bonds. The third kappa shape index (κ3) is 8.65. The summed E-state index contributed by atoms with van der Waals surface area (Å²) in [6.45, 7) is 0. The Morgan fingerprint density at radius 1 is 1.21 bits per heavy atom. The molecule has 164 valence electrons. The molecule has 4 nitrogen and oxygen atoms in total. The average Bonchev–Trinajstić information content (AvgIpc) is 3.07. The number of benzene rings is 1. The van der Waals surface area contributed by atoms with Crippen molar-refractivity contribution in [2.24, 2.45) is 11.8 Å². The van der Waals surface area contributed by atoms with Gasteiger partial charge in [-0.2, -0.15) is 0 Å². The van der Waals surface area contributed by atoms with Crippen LogP contribution in [0.5, 0.6) is 0 Å². The van der Waals surface area contributed by atoms with Gasteiger partial charge in [0.15, 0.2) is 0 Å². The molecule has 0 radical (unpaired) electrons. The fourth-order valence-corrected chi connectivity index (χ4v) is 5.18. The molecule has 4 atom stereocenters. The maximum absolute atomic E-state index is 13.7. The summed E-state index contributed by atoms with van der Waals surface area (Å²) < 4.78 is 18.3. The number of unbranched alkanes of at least 4 members (excludes halogenated alkanes) is 3. The second kappa shape index (κ2) is 13.2. The van der Waals surface area contributed by atoms with Gasteiger partial charge in [0.2, 0.25) is 0 Å². The highest BCUT2D eigenvalue weighted by Crippen LogP contribution is 2.39. The fraction of sp³-hybridized carbons (Fsp3) is 0.696. The second-order valence-electron chi connectivity index (χ2n) is 8.07. The molecule has 2 rings (SSSR count). The van der Waals surface area contributed by atoms with Crippen LogP contribution in [0.3, 0.4) is 0 Å². The molecule has 1 aliphatic carbocycles. The summed E-state index contributed by atoms with van der Waals surface area (Å²) in [6.07, 6.45) is 8.27. The molecule has 0 bridgehead atoms. The Morgan fingerprint density at radius 2 is 1.97 bits per heavy atom. The summed E-state index contributed by atoms with van der Waals surface area (Å²) >= 11 is 1.34. The fourth-order valence-electron chi connectivity index (χ4n) is 4.26. The Labute approximate surface area is 178 Å². The lowest BCUT2D eigenvalue weighted by Crippen LogP contribution is -2.22. The molecule has 2 unspecified atom stereocenters. The number of methoxy groups -OCH3 is 1. The molecular weight excluding hydrogens is 391 g/mol. The van der Waals surface area contributed by atoms with Crippen molar-refractivity contribution in [2.75, 3.05) is 12.9 Å². The Kier molecular flexibility index (Phi) is 11.0. The van der Waals surface area contributed by atoms with Gasteiger partial charge in [-0.25, -0.2) is 4.39 Å². The predicted octanol–water partition coefficient (Wildman–Crippen LogP) is 4.96. The maximum atomic E-state index is 13.7. The van der Waals surface area contributed by atoms with Gasteiger partial charge in [-0.05, 0) is 56.1 Å². The van der Waals surface area contributed by atoms with Crippen LogP contribution in [0.4, 0.5) is 4.39 Å². The first-order valence-corrected chi connectivity index (χ1v) is 11.8. The molecule has 0 aliphatic heterocycles. The first-order chi connectivity index (χ1) is 14.0. The number of hydrogen-bond donors (Lipinski definition) is 2. The summed E-state index contributed by atoms with van der Waals surface area (Å²) in [4.78, 5) is 11.7. The van der Waals surface area contributed by atoms with Gasteiger partial charge in [0, 0.05) is 17.1 Å². The summed E-state index contributed by atoms with van der Waals surface area (Å²) in [5.74, 6) is 0.836. The van der Waals surface area contributed by atoms with E-state index in [-0.39, 0.29) is 23.8 Å². The van der Waals surface area contributed by atoms with Crippen LogP contribution in [-0.2, 0) is 9.53 Å². The molecule has 1 saturated carbocycles. The van der Waals surface area contributed by atoms with Gasteiger partial charge in [-0.15, -0.1) is 11.8 Å². The van der Waals surface area contributed by atoms with Crippen LogP contribution in [0.15, 0.2) is 29.2 Å². The lowest BCUT2D eigenvalue weighted by molar-refractivity contribution is -0.140. The van der Waals surface area contributed by atoms with Crippen LogP contribution in [0.25, 0.3) is 0 Å². The number of hydrogen-bond acceptors (Lipinski definition) is 5. The number of carbonyl (C=O) groups excluding carboxylic acids is 1. The van der Waals surface area contributed by atoms with E-state index < -0.39 is 6.10 Å². The van der Waals surface area contributed by atoms with Crippen LogP contribution >= 0.6 is 11.8 Å². The minimum atomic E-state index is -0.494. The van der Waals surface area contributed by atoms with E-state index in [4.69, 9.17) is 0 Å². The summed E-state index contributed by atoms with van der Waals surface area (Å²) in [5.41, 5.74) is 0. The monoisotopic (exact) mass is 426 g/mol. The first kappa shape index (κ1) is 24.2. The normalized spacial score (nSPS) is 22.6. The van der Waals surface area contributed by atoms with Crippen LogP contribution in [0.2, 0.25) is 0 Å². The molecule has 29 heavy (non-hydrogen) atoms. The average molecular weight is 427 g/mol. The summed E-state index contributed by atoms with van der Waals surface area (Å²) in [7, 11) is 1.42. The van der Waals surface area contributed by atoms with Crippen LogP contribution in [-0.4, -0.2) is 41.3 Å². The largest absolute Gasteiger partial charge is 0.469 e. The van der Waals surface area contributed by atoms with Crippen LogP contribution in [0.1, 0.15) is 64.2 Å². The Balaban J connectivity index is 1.64. The topological polar surface area (TPSA) is 66.8 Å². The highest BCUT2D eigenvalue weighted by molar-refractivity contribution is 7.99. The number of rotatable bonds is 13. The standard InChI is InChI=1S/C23H35FO4S/c1-28-23(27)11-5-3-2-4-8-17-12-15-21(26)19(17)14-13-18(25)16-29-22-10-7-6-9-20(22)24/h6-7,9-10,17-19,21,25-26H,2-5,8,11-16H2,1H3/t17?,18?,19-,21-/m1/s1. The Hall–Kier alpha value is -1.11. The van der Waals surface area contributed by atoms with E-state index >= 15 is 0 Å². The zero-order chi connectivity index (χ0) is 21.1. The van der Waals surface area contributed by atoms with E-state index in [0.717, 1.165) is 51.4 Å². The zero-order valence-corrected chi connectivity index (χ0v) is 18.2. The summed E-state index contributed by atoms with van der Waals surface area (Å²) in [6, 6.07) is 6.63. The smallest absolute Gasteiger partial charge is 0.305 e. The van der Waals surface area contributed by atoms with Gasteiger partial charge in [0.1, 0.15) is 5.82 Å². The van der Waals surface area contributed by atoms with Gasteiger partial charge in [0.05, 0.1) is 19.3 Å². The van der Waals surface area contributed by atoms with Crippen molar-refractivity contribution < 1.29 is 24.1 Å². The molecular formula is C23H35FO4S. The number of aliphatic hydroxyl groups is 2. The van der Waals surface area contributed by atoms with Gasteiger partial charge in [-0.1, -0.05) is 37.8 Å². The third-order valence-corrected chi connectivity index (χ3v) is 7.16. The maximum Gasteiger partial charge on any atom is 0.305 e. The van der Waals surface area contributed by atoms with Crippen molar-refractivity contribution in [1.82, 2.24) is 0 Å². The van der Waals surface area contributed by atoms with E-state index in [9.17, 15) is 19.4 Å². The molecule has 1 aliphatic rings. The number of carbonyl (C=O) groups is 1. The van der Waals surface area contributed by atoms with Crippen molar-refractivity contribution in [3.8, 4) is 0 Å². The van der Waals surface area contributed by atoms with E-state index in [1.165, 1.54) is 24.9 Å². The highest BCUT2D eigenvalue weighted by atomic mass is 32.2. The molecule has 6 heteroatoms. The van der Waals surface area contributed by atoms with Gasteiger partial charge < -0.3 is 14.9 Å². The quantitative estimate of drug-likeness (QED) is 0.265. The molecule has 2 N–H and O–H groups in total. The minimum Gasteiger partial charge on any atom is -0.469 e. The van der Waals surface area contributed by atoms with E-state index in [0.29, 0.717) is 29.4 Å². The molecule has 1 fully saturated rings. The number of thioether (sulfide) groups is 1. The highest BCUT2D eigenvalue weighted by Gasteiger charge is 2.34. The number of aliphatic hydroxyl groups excluding tert-OH is 2. The zero-order valence-electron chi connectivity index (χ0n) is 17.4. The predicted molar refractivity (Wildman–Crippen MR) is 114 cm³/mol. The van der Waals surface area contributed by atoms with E-state index in [2.05, 4.69) is 4.74 Å². The van der Waals surface area contributed by atoms with Gasteiger partial charge >= 0.3 is 5.97 Å². The second-order valence-corrected chi connectivity index (χ2v) is 9.13. The molecule has 0 aromatic heterocycles. The van der Waals surface area contributed by atoms with Crippen molar-refractivity contribution in [3.63, 3.8) is 0 Å². The lowest BCUT2D eigenvalue weighted by atomic mass is 9.86. The number of ether oxygens (including phenoxy) is 1. The molecule has 1 aromatic rings. The Bertz CT molecular complexity index is 612. The Morgan fingerprint density at radius 3 is 2.72 bits per heavy atom. The van der Waals surface area contributed by atoms with Crippen molar-refractivity contribution >= 4 is 17.7 Å². The SMILES string of the molecule is COC(=O)CCCCCCC1CC[C@@H](O)[C@@H]1CCC(O)CSc1ccccc1F. The van der Waals surface area contributed by atoms with E-state index in [1.807, 2.05) is 0 Å². The first-order valence-electron chi connectivity index (χ1n) is 10.8.